The van der Waals surface area contributed by atoms with Crippen LogP contribution in [0.25, 0.3) is 0 Å². The SMILES string of the molecule is C=CC(=C\C)/C(=C/C)/C=C(\C(C)=N/C(C(C)=O)=C(\C)Br)C(F)(F)F. The number of hydrogen-bond donors (Lipinski definition) is 0. The average Bonchev–Trinajstić information content (AvgIpc) is 2.46. The van der Waals surface area contributed by atoms with E-state index in [1.165, 1.54) is 19.9 Å². The fourth-order valence-electron chi connectivity index (χ4n) is 1.91. The second kappa shape index (κ2) is 9.57. The van der Waals surface area contributed by atoms with Crippen molar-refractivity contribution in [2.24, 2.45) is 4.99 Å². The van der Waals surface area contributed by atoms with Gasteiger partial charge in [-0.2, -0.15) is 13.2 Å². The summed E-state index contributed by atoms with van der Waals surface area (Å²) in [4.78, 5) is 15.4. The molecule has 0 aliphatic heterocycles. The predicted molar refractivity (Wildman–Crippen MR) is 97.3 cm³/mol. The molecule has 0 aliphatic rings. The maximum atomic E-state index is 13.5. The zero-order chi connectivity index (χ0) is 19.1. The molecule has 0 aromatic rings. The Hall–Kier alpha value is -1.69. The number of rotatable bonds is 6. The van der Waals surface area contributed by atoms with E-state index in [1.54, 1.807) is 32.9 Å². The van der Waals surface area contributed by atoms with Gasteiger partial charge in [0.2, 0.25) is 0 Å². The minimum Gasteiger partial charge on any atom is -0.293 e. The standard InChI is InChI=1S/C18H21BrF3NO/c1-7-14(8-2)15(9-3)10-16(18(20,21)22)12(5)23-17(11(4)19)13(6)24/h7-10H,1H2,2-6H3/b14-8+,15-9+,16-10+,17-11+,23-12-. The Labute approximate surface area is 149 Å². The van der Waals surface area contributed by atoms with Gasteiger partial charge in [0.15, 0.2) is 5.78 Å². The van der Waals surface area contributed by atoms with Crippen LogP contribution in [0.4, 0.5) is 13.2 Å². The van der Waals surface area contributed by atoms with E-state index in [-0.39, 0.29) is 11.4 Å². The first-order valence-corrected chi connectivity index (χ1v) is 7.96. The highest BCUT2D eigenvalue weighted by Crippen LogP contribution is 2.30. The lowest BCUT2D eigenvalue weighted by Gasteiger charge is -2.14. The van der Waals surface area contributed by atoms with Crippen molar-refractivity contribution in [1.29, 1.82) is 0 Å². The number of alkyl halides is 3. The maximum Gasteiger partial charge on any atom is 0.418 e. The molecule has 0 bridgehead atoms. The molecule has 0 N–H and O–H groups in total. The quantitative estimate of drug-likeness (QED) is 0.293. The number of aliphatic imine (C=N–C) groups is 1. The average molecular weight is 404 g/mol. The van der Waals surface area contributed by atoms with E-state index < -0.39 is 17.5 Å². The Balaban J connectivity index is 6.36. The zero-order valence-corrected chi connectivity index (χ0v) is 16.0. The second-order valence-corrected chi connectivity index (χ2v) is 6.07. The van der Waals surface area contributed by atoms with Gasteiger partial charge in [0.05, 0.1) is 11.3 Å². The van der Waals surface area contributed by atoms with E-state index in [9.17, 15) is 18.0 Å². The summed E-state index contributed by atoms with van der Waals surface area (Å²) in [7, 11) is 0. The first-order valence-electron chi connectivity index (χ1n) is 7.16. The van der Waals surface area contributed by atoms with Crippen LogP contribution in [-0.2, 0) is 4.79 Å². The van der Waals surface area contributed by atoms with Crippen molar-refractivity contribution >= 4 is 27.4 Å². The summed E-state index contributed by atoms with van der Waals surface area (Å²) in [6.07, 6.45) is 1.12. The van der Waals surface area contributed by atoms with Crippen LogP contribution in [0.15, 0.2) is 62.8 Å². The topological polar surface area (TPSA) is 29.4 Å². The number of allylic oxidation sites excluding steroid dienone is 9. The molecule has 0 saturated heterocycles. The van der Waals surface area contributed by atoms with Crippen molar-refractivity contribution in [2.45, 2.75) is 40.8 Å². The molecule has 0 rings (SSSR count). The summed E-state index contributed by atoms with van der Waals surface area (Å²) in [6.45, 7) is 11.0. The van der Waals surface area contributed by atoms with Gasteiger partial charge in [-0.05, 0) is 44.9 Å². The monoisotopic (exact) mass is 403 g/mol. The minimum absolute atomic E-state index is 0.0420. The molecule has 0 aromatic heterocycles. The lowest BCUT2D eigenvalue weighted by molar-refractivity contribution is -0.113. The first kappa shape index (κ1) is 22.3. The van der Waals surface area contributed by atoms with Crippen LogP contribution in [0.2, 0.25) is 0 Å². The van der Waals surface area contributed by atoms with E-state index in [0.29, 0.717) is 15.6 Å². The third kappa shape index (κ3) is 6.43. The fraction of sp³-hybridized carbons (Fsp3) is 0.333. The number of hydrogen-bond acceptors (Lipinski definition) is 2. The molecule has 24 heavy (non-hydrogen) atoms. The van der Waals surface area contributed by atoms with Crippen molar-refractivity contribution in [1.82, 2.24) is 0 Å². The van der Waals surface area contributed by atoms with Gasteiger partial charge < -0.3 is 0 Å². The molecule has 0 heterocycles. The van der Waals surface area contributed by atoms with Gasteiger partial charge >= 0.3 is 6.18 Å². The minimum atomic E-state index is -4.61. The zero-order valence-electron chi connectivity index (χ0n) is 14.4. The summed E-state index contributed by atoms with van der Waals surface area (Å²) in [5, 5.41) is 0. The molecule has 0 unspecified atom stereocenters. The highest BCUT2D eigenvalue weighted by Gasteiger charge is 2.36. The number of nitrogens with zero attached hydrogens (tertiary/aromatic N) is 1. The summed E-state index contributed by atoms with van der Waals surface area (Å²) in [5.74, 6) is -0.420. The van der Waals surface area contributed by atoms with Gasteiger partial charge in [-0.25, -0.2) is 4.99 Å². The van der Waals surface area contributed by atoms with Crippen LogP contribution in [0, 0.1) is 0 Å². The summed E-state index contributed by atoms with van der Waals surface area (Å²) in [5.41, 5.74) is -0.293. The van der Waals surface area contributed by atoms with Crippen LogP contribution in [0.3, 0.4) is 0 Å². The molecule has 0 aliphatic carbocycles. The highest BCUT2D eigenvalue weighted by atomic mass is 79.9. The number of ketones is 1. The molecule has 132 valence electrons. The molecule has 2 nitrogen and oxygen atoms in total. The van der Waals surface area contributed by atoms with Gasteiger partial charge in [0.1, 0.15) is 5.70 Å². The number of carbonyl (C=O) groups is 1. The fourth-order valence-corrected chi connectivity index (χ4v) is 2.28. The Morgan fingerprint density at radius 2 is 1.58 bits per heavy atom. The Morgan fingerprint density at radius 3 is 1.88 bits per heavy atom. The van der Waals surface area contributed by atoms with E-state index >= 15 is 0 Å². The molecule has 0 radical (unpaired) electrons. The van der Waals surface area contributed by atoms with E-state index in [1.807, 2.05) is 0 Å². The van der Waals surface area contributed by atoms with E-state index in [2.05, 4.69) is 27.5 Å². The van der Waals surface area contributed by atoms with Crippen molar-refractivity contribution in [3.05, 3.63) is 57.8 Å². The normalized spacial score (nSPS) is 16.0. The smallest absolute Gasteiger partial charge is 0.293 e. The molecule has 0 aromatic carbocycles. The van der Waals surface area contributed by atoms with E-state index in [4.69, 9.17) is 0 Å². The summed E-state index contributed by atoms with van der Waals surface area (Å²) < 4.78 is 40.7. The summed E-state index contributed by atoms with van der Waals surface area (Å²) >= 11 is 3.10. The molecule has 0 saturated carbocycles. The molecule has 0 spiro atoms. The second-order valence-electron chi connectivity index (χ2n) is 4.88. The van der Waals surface area contributed by atoms with Gasteiger partial charge in [-0.1, -0.05) is 40.7 Å². The van der Waals surface area contributed by atoms with Crippen molar-refractivity contribution in [3.8, 4) is 0 Å². The summed E-state index contributed by atoms with van der Waals surface area (Å²) in [6, 6.07) is 0. The van der Waals surface area contributed by atoms with E-state index in [0.717, 1.165) is 6.08 Å². The number of Topliss-reactive ketones (excluding diaryl/α,β-unsaturated/α-hetero) is 1. The van der Waals surface area contributed by atoms with Gasteiger partial charge in [-0.15, -0.1) is 0 Å². The van der Waals surface area contributed by atoms with Crippen LogP contribution in [-0.4, -0.2) is 17.7 Å². The molecule has 0 amide bonds. The first-order chi connectivity index (χ1) is 11.0. The molecule has 6 heteroatoms. The largest absolute Gasteiger partial charge is 0.418 e. The third-order valence-electron chi connectivity index (χ3n) is 3.11. The predicted octanol–water partition coefficient (Wildman–Crippen LogP) is 6.23. The maximum absolute atomic E-state index is 13.5. The van der Waals surface area contributed by atoms with Crippen LogP contribution >= 0.6 is 15.9 Å². The van der Waals surface area contributed by atoms with Crippen LogP contribution < -0.4 is 0 Å². The van der Waals surface area contributed by atoms with Crippen molar-refractivity contribution in [3.63, 3.8) is 0 Å². The number of halogens is 4. The van der Waals surface area contributed by atoms with Crippen molar-refractivity contribution in [2.75, 3.05) is 0 Å². The highest BCUT2D eigenvalue weighted by molar-refractivity contribution is 9.11. The Morgan fingerprint density at radius 1 is 1.08 bits per heavy atom. The molecule has 0 atom stereocenters. The van der Waals surface area contributed by atoms with Crippen LogP contribution in [0.1, 0.15) is 34.6 Å². The van der Waals surface area contributed by atoms with Crippen molar-refractivity contribution < 1.29 is 18.0 Å². The Bertz CT molecular complexity index is 658. The molecular formula is C18H21BrF3NO. The van der Waals surface area contributed by atoms with Gasteiger partial charge in [-0.3, -0.25) is 4.79 Å². The van der Waals surface area contributed by atoms with Crippen LogP contribution in [0.5, 0.6) is 0 Å². The van der Waals surface area contributed by atoms with Gasteiger partial charge in [0, 0.05) is 11.4 Å². The number of carbonyl (C=O) groups excluding carboxylic acids is 1. The lowest BCUT2D eigenvalue weighted by Crippen LogP contribution is -2.19. The lowest BCUT2D eigenvalue weighted by atomic mass is 10.00. The van der Waals surface area contributed by atoms with Gasteiger partial charge in [0.25, 0.3) is 0 Å². The third-order valence-corrected chi connectivity index (χ3v) is 3.49. The Kier molecular flexibility index (Phi) is 8.89. The molecular weight excluding hydrogens is 383 g/mol. The molecule has 0 fully saturated rings.